The summed E-state index contributed by atoms with van der Waals surface area (Å²) in [7, 11) is 0. The summed E-state index contributed by atoms with van der Waals surface area (Å²) in [6.45, 7) is 0.366. The largest absolute Gasteiger partial charge is 0.299 e. The van der Waals surface area contributed by atoms with Crippen molar-refractivity contribution in [1.29, 1.82) is 0 Å². The summed E-state index contributed by atoms with van der Waals surface area (Å²) in [5.41, 5.74) is 1.10. The Morgan fingerprint density at radius 1 is 1.21 bits per heavy atom. The zero-order valence-corrected chi connectivity index (χ0v) is 12.7. The highest BCUT2D eigenvalue weighted by atomic mass is 79.9. The van der Waals surface area contributed by atoms with Crippen LogP contribution in [0.25, 0.3) is 0 Å². The van der Waals surface area contributed by atoms with Gasteiger partial charge in [-0.3, -0.25) is 14.5 Å². The van der Waals surface area contributed by atoms with Gasteiger partial charge in [0.1, 0.15) is 0 Å². The molecule has 0 saturated carbocycles. The van der Waals surface area contributed by atoms with Gasteiger partial charge in [0.05, 0.1) is 22.1 Å². The maximum atomic E-state index is 12.0. The van der Waals surface area contributed by atoms with Gasteiger partial charge in [0.15, 0.2) is 0 Å². The van der Waals surface area contributed by atoms with Crippen LogP contribution in [-0.2, 0) is 11.3 Å². The molecule has 0 N–H and O–H groups in total. The van der Waals surface area contributed by atoms with Gasteiger partial charge in [-0.15, -0.1) is 11.3 Å². The van der Waals surface area contributed by atoms with Gasteiger partial charge in [-0.25, -0.2) is 0 Å². The Kier molecular flexibility index (Phi) is 3.20. The monoisotopic (exact) mass is 355 g/mol. The van der Waals surface area contributed by atoms with Crippen molar-refractivity contribution in [2.75, 3.05) is 4.90 Å². The minimum Gasteiger partial charge on any atom is -0.299 e. The number of hydrogen-bond donors (Lipinski definition) is 0. The summed E-state index contributed by atoms with van der Waals surface area (Å²) in [4.78, 5) is 26.3. The Morgan fingerprint density at radius 3 is 2.68 bits per heavy atom. The van der Waals surface area contributed by atoms with Crippen LogP contribution in [0.1, 0.15) is 15.2 Å². The predicted molar refractivity (Wildman–Crippen MR) is 79.0 cm³/mol. The molecule has 19 heavy (non-hydrogen) atoms. The molecule has 0 saturated heterocycles. The van der Waals surface area contributed by atoms with Crippen molar-refractivity contribution in [3.05, 3.63) is 49.6 Å². The lowest BCUT2D eigenvalue weighted by Crippen LogP contribution is -2.28. The summed E-state index contributed by atoms with van der Waals surface area (Å²) < 4.78 is 1.51. The quantitative estimate of drug-likeness (QED) is 0.766. The summed E-state index contributed by atoms with van der Waals surface area (Å²) in [5.74, 6) is -0.942. The molecule has 0 aliphatic carbocycles. The highest BCUT2D eigenvalue weighted by Gasteiger charge is 2.35. The van der Waals surface area contributed by atoms with Crippen LogP contribution >= 0.6 is 38.9 Å². The number of carbonyl (C=O) groups is 2. The van der Waals surface area contributed by atoms with Crippen LogP contribution in [0.4, 0.5) is 5.69 Å². The van der Waals surface area contributed by atoms with E-state index in [1.54, 1.807) is 24.3 Å². The molecule has 0 unspecified atom stereocenters. The summed E-state index contributed by atoms with van der Waals surface area (Å²) in [6, 6.07) is 8.86. The van der Waals surface area contributed by atoms with Crippen molar-refractivity contribution in [2.24, 2.45) is 0 Å². The van der Waals surface area contributed by atoms with Gasteiger partial charge in [0.2, 0.25) is 0 Å². The second kappa shape index (κ2) is 4.74. The number of rotatable bonds is 2. The first kappa shape index (κ1) is 12.8. The third kappa shape index (κ3) is 2.22. The van der Waals surface area contributed by atoms with E-state index >= 15 is 0 Å². The van der Waals surface area contributed by atoms with Crippen molar-refractivity contribution >= 4 is 56.2 Å². The lowest BCUT2D eigenvalue weighted by Gasteiger charge is -2.15. The Hall–Kier alpha value is -1.17. The van der Waals surface area contributed by atoms with Gasteiger partial charge in [0, 0.05) is 9.35 Å². The van der Waals surface area contributed by atoms with Crippen LogP contribution in [0.15, 0.2) is 34.8 Å². The van der Waals surface area contributed by atoms with E-state index in [-0.39, 0.29) is 0 Å². The number of Topliss-reactive ketones (excluding diaryl/α,β-unsaturated/α-hetero) is 1. The average Bonchev–Trinajstić information content (AvgIpc) is 2.88. The molecule has 2 heterocycles. The SMILES string of the molecule is O=C1C(=O)N(Cc2ccc(Cl)s2)c2cc(Br)ccc21. The molecular formula is C13H7BrClNO2S. The number of thiophene rings is 1. The number of ketones is 1. The van der Waals surface area contributed by atoms with E-state index in [9.17, 15) is 9.59 Å². The highest BCUT2D eigenvalue weighted by Crippen LogP contribution is 2.34. The molecule has 3 rings (SSSR count). The van der Waals surface area contributed by atoms with E-state index in [2.05, 4.69) is 15.9 Å². The van der Waals surface area contributed by atoms with Crippen LogP contribution in [0.2, 0.25) is 4.34 Å². The second-order valence-electron chi connectivity index (χ2n) is 4.09. The molecule has 1 aromatic carbocycles. The first-order chi connectivity index (χ1) is 9.06. The number of fused-ring (bicyclic) bond motifs is 1. The van der Waals surface area contributed by atoms with E-state index in [1.165, 1.54) is 16.2 Å². The van der Waals surface area contributed by atoms with Crippen molar-refractivity contribution in [2.45, 2.75) is 6.54 Å². The van der Waals surface area contributed by atoms with E-state index in [1.807, 2.05) is 6.07 Å². The Balaban J connectivity index is 2.01. The third-order valence-corrected chi connectivity index (χ3v) is 4.59. The van der Waals surface area contributed by atoms with Gasteiger partial charge in [-0.2, -0.15) is 0 Å². The average molecular weight is 357 g/mol. The normalized spacial score (nSPS) is 14.1. The zero-order valence-electron chi connectivity index (χ0n) is 9.52. The predicted octanol–water partition coefficient (Wildman–Crippen LogP) is 3.89. The molecule has 6 heteroatoms. The number of amides is 1. The second-order valence-corrected chi connectivity index (χ2v) is 6.80. The Bertz CT molecular complexity index is 698. The number of halogens is 2. The van der Waals surface area contributed by atoms with Gasteiger partial charge >= 0.3 is 0 Å². The minimum atomic E-state index is -0.488. The van der Waals surface area contributed by atoms with E-state index in [0.717, 1.165) is 9.35 Å². The van der Waals surface area contributed by atoms with Crippen LogP contribution < -0.4 is 4.90 Å². The van der Waals surface area contributed by atoms with Crippen LogP contribution in [0, 0.1) is 0 Å². The molecule has 0 atom stereocenters. The molecule has 0 radical (unpaired) electrons. The topological polar surface area (TPSA) is 37.4 Å². The molecule has 1 aliphatic rings. The zero-order chi connectivity index (χ0) is 13.6. The minimum absolute atomic E-state index is 0.366. The van der Waals surface area contributed by atoms with E-state index in [4.69, 9.17) is 11.6 Å². The van der Waals surface area contributed by atoms with E-state index in [0.29, 0.717) is 22.1 Å². The molecule has 1 amide bonds. The number of hydrogen-bond acceptors (Lipinski definition) is 3. The molecule has 1 aliphatic heterocycles. The Labute approximate surface area is 126 Å². The summed E-state index contributed by atoms with van der Waals surface area (Å²) >= 11 is 10.6. The molecule has 0 bridgehead atoms. The Morgan fingerprint density at radius 2 is 2.00 bits per heavy atom. The summed E-state index contributed by atoms with van der Waals surface area (Å²) in [5, 5.41) is 0. The van der Waals surface area contributed by atoms with Crippen LogP contribution in [0.5, 0.6) is 0 Å². The molecule has 0 fully saturated rings. The smallest absolute Gasteiger partial charge is 0.299 e. The van der Waals surface area contributed by atoms with Crippen molar-refractivity contribution < 1.29 is 9.59 Å². The summed E-state index contributed by atoms with van der Waals surface area (Å²) in [6.07, 6.45) is 0. The molecule has 96 valence electrons. The fraction of sp³-hybridized carbons (Fsp3) is 0.0769. The van der Waals surface area contributed by atoms with Crippen molar-refractivity contribution in [3.63, 3.8) is 0 Å². The third-order valence-electron chi connectivity index (χ3n) is 2.88. The fourth-order valence-electron chi connectivity index (χ4n) is 2.02. The van der Waals surface area contributed by atoms with Crippen molar-refractivity contribution in [3.8, 4) is 0 Å². The fourth-order valence-corrected chi connectivity index (χ4v) is 3.44. The molecule has 1 aromatic heterocycles. The number of nitrogens with zero attached hydrogens (tertiary/aromatic N) is 1. The van der Waals surface area contributed by atoms with Crippen LogP contribution in [-0.4, -0.2) is 11.7 Å². The lowest BCUT2D eigenvalue weighted by molar-refractivity contribution is -0.114. The molecule has 0 spiro atoms. The van der Waals surface area contributed by atoms with Gasteiger partial charge < -0.3 is 0 Å². The van der Waals surface area contributed by atoms with Crippen molar-refractivity contribution in [1.82, 2.24) is 0 Å². The standard InChI is InChI=1S/C13H7BrClNO2S/c14-7-1-3-9-10(5-7)16(13(18)12(9)17)6-8-2-4-11(15)19-8/h1-5H,6H2. The maximum absolute atomic E-state index is 12.0. The lowest BCUT2D eigenvalue weighted by atomic mass is 10.1. The van der Waals surface area contributed by atoms with Gasteiger partial charge in [-0.1, -0.05) is 27.5 Å². The highest BCUT2D eigenvalue weighted by molar-refractivity contribution is 9.10. The van der Waals surface area contributed by atoms with E-state index < -0.39 is 11.7 Å². The first-order valence-electron chi connectivity index (χ1n) is 5.46. The van der Waals surface area contributed by atoms with Crippen LogP contribution in [0.3, 0.4) is 0 Å². The number of carbonyl (C=O) groups excluding carboxylic acids is 2. The number of benzene rings is 1. The van der Waals surface area contributed by atoms with Gasteiger partial charge in [0.25, 0.3) is 11.7 Å². The molecule has 3 nitrogen and oxygen atoms in total. The molecular weight excluding hydrogens is 350 g/mol. The molecule has 2 aromatic rings. The first-order valence-corrected chi connectivity index (χ1v) is 7.45. The van der Waals surface area contributed by atoms with Gasteiger partial charge in [-0.05, 0) is 30.3 Å². The maximum Gasteiger partial charge on any atom is 0.299 e. The number of anilines is 1.